The minimum absolute atomic E-state index is 0.175. The smallest absolute Gasteiger partial charge is 0.338 e. The number of hydrogen-bond acceptors (Lipinski definition) is 8. The fraction of sp³-hybridized carbons (Fsp3) is 0.222. The summed E-state index contributed by atoms with van der Waals surface area (Å²) >= 11 is 1.27. The fourth-order valence-electron chi connectivity index (χ4n) is 4.16. The summed E-state index contributed by atoms with van der Waals surface area (Å²) in [5, 5.41) is 0. The van der Waals surface area contributed by atoms with Crippen molar-refractivity contribution in [3.05, 3.63) is 97.2 Å². The highest BCUT2D eigenvalue weighted by Crippen LogP contribution is 2.33. The van der Waals surface area contributed by atoms with Crippen molar-refractivity contribution in [1.82, 2.24) is 4.57 Å². The van der Waals surface area contributed by atoms with Gasteiger partial charge in [-0.1, -0.05) is 42.2 Å². The molecule has 36 heavy (non-hydrogen) atoms. The molecule has 0 fully saturated rings. The Bertz CT molecular complexity index is 1550. The predicted molar refractivity (Wildman–Crippen MR) is 135 cm³/mol. The lowest BCUT2D eigenvalue weighted by molar-refractivity contribution is -0.139. The predicted octanol–water partition coefficient (Wildman–Crippen LogP) is 3.09. The van der Waals surface area contributed by atoms with Crippen LogP contribution in [0.15, 0.2) is 76.2 Å². The van der Waals surface area contributed by atoms with Crippen LogP contribution in [0.1, 0.15) is 31.0 Å². The normalized spacial score (nSPS) is 16.4. The quantitative estimate of drug-likeness (QED) is 0.363. The Kier molecular flexibility index (Phi) is 6.47. The van der Waals surface area contributed by atoms with E-state index in [9.17, 15) is 9.59 Å². The number of esters is 1. The third kappa shape index (κ3) is 4.33. The highest BCUT2D eigenvalue weighted by atomic mass is 32.1. The lowest BCUT2D eigenvalue weighted by atomic mass is 9.96. The van der Waals surface area contributed by atoms with E-state index in [-0.39, 0.29) is 19.0 Å². The van der Waals surface area contributed by atoms with Gasteiger partial charge in [-0.25, -0.2) is 9.79 Å². The number of nitrogens with zero attached hydrogens (tertiary/aromatic N) is 2. The van der Waals surface area contributed by atoms with Crippen molar-refractivity contribution in [3.63, 3.8) is 0 Å². The van der Waals surface area contributed by atoms with Crippen molar-refractivity contribution in [2.45, 2.75) is 19.9 Å². The van der Waals surface area contributed by atoms with Gasteiger partial charge in [0.25, 0.3) is 5.56 Å². The van der Waals surface area contributed by atoms with Crippen LogP contribution in [0.2, 0.25) is 0 Å². The molecule has 0 spiro atoms. The molecule has 0 bridgehead atoms. The number of aromatic nitrogens is 1. The number of allylic oxidation sites excluding steroid dienone is 1. The molecule has 184 valence electrons. The average molecular weight is 505 g/mol. The molecule has 0 unspecified atom stereocenters. The first-order chi connectivity index (χ1) is 17.5. The number of rotatable bonds is 7. The summed E-state index contributed by atoms with van der Waals surface area (Å²) in [5.74, 6) is 1.46. The standard InChI is InChI=1S/C27H24N2O6S/c1-4-12-33-19-9-7-18(8-10-19)24-23(26(31)32-5-2)16(3)28-27-29(24)25(30)22(36-27)14-17-6-11-20-21(13-17)35-15-34-20/h4,6-11,13-14,24H,1,5,12,15H2,2-3H3/b22-14-/t24-/m0/s1. The first kappa shape index (κ1) is 23.6. The van der Waals surface area contributed by atoms with Crippen LogP contribution in [-0.2, 0) is 9.53 Å². The van der Waals surface area contributed by atoms with Crippen LogP contribution in [0.3, 0.4) is 0 Å². The van der Waals surface area contributed by atoms with E-state index in [2.05, 4.69) is 11.6 Å². The largest absolute Gasteiger partial charge is 0.490 e. The zero-order valence-electron chi connectivity index (χ0n) is 19.9. The monoisotopic (exact) mass is 504 g/mol. The van der Waals surface area contributed by atoms with Crippen molar-refractivity contribution < 1.29 is 23.7 Å². The Labute approximate surface area is 211 Å². The van der Waals surface area contributed by atoms with Gasteiger partial charge >= 0.3 is 5.97 Å². The lowest BCUT2D eigenvalue weighted by Crippen LogP contribution is -2.39. The van der Waals surface area contributed by atoms with E-state index in [1.165, 1.54) is 11.3 Å². The number of thiazole rings is 1. The Morgan fingerprint density at radius 1 is 1.22 bits per heavy atom. The molecule has 9 heteroatoms. The number of ether oxygens (including phenoxy) is 4. The molecule has 0 amide bonds. The second-order valence-electron chi connectivity index (χ2n) is 8.08. The molecule has 2 aliphatic heterocycles. The Morgan fingerprint density at radius 2 is 2.00 bits per heavy atom. The van der Waals surface area contributed by atoms with Gasteiger partial charge in [0.2, 0.25) is 6.79 Å². The van der Waals surface area contributed by atoms with Crippen LogP contribution in [0.25, 0.3) is 6.08 Å². The molecule has 0 radical (unpaired) electrons. The highest BCUT2D eigenvalue weighted by Gasteiger charge is 2.33. The van der Waals surface area contributed by atoms with Gasteiger partial charge in [-0.2, -0.15) is 0 Å². The highest BCUT2D eigenvalue weighted by molar-refractivity contribution is 7.07. The summed E-state index contributed by atoms with van der Waals surface area (Å²) in [6.07, 6.45) is 3.45. The molecule has 8 nitrogen and oxygen atoms in total. The maximum absolute atomic E-state index is 13.7. The second-order valence-corrected chi connectivity index (χ2v) is 9.09. The minimum Gasteiger partial charge on any atom is -0.490 e. The molecule has 1 atom stereocenters. The fourth-order valence-corrected chi connectivity index (χ4v) is 5.21. The van der Waals surface area contributed by atoms with E-state index in [4.69, 9.17) is 18.9 Å². The van der Waals surface area contributed by atoms with Gasteiger partial charge in [-0.15, -0.1) is 0 Å². The van der Waals surface area contributed by atoms with Gasteiger partial charge in [0.15, 0.2) is 16.3 Å². The van der Waals surface area contributed by atoms with Crippen molar-refractivity contribution in [2.75, 3.05) is 20.0 Å². The van der Waals surface area contributed by atoms with Crippen LogP contribution in [0.5, 0.6) is 17.2 Å². The van der Waals surface area contributed by atoms with E-state index in [1.807, 2.05) is 30.3 Å². The van der Waals surface area contributed by atoms with Gasteiger partial charge in [-0.3, -0.25) is 9.36 Å². The lowest BCUT2D eigenvalue weighted by Gasteiger charge is -2.24. The molecule has 5 rings (SSSR count). The molecule has 3 heterocycles. The number of hydrogen-bond donors (Lipinski definition) is 0. The molecular weight excluding hydrogens is 480 g/mol. The average Bonchev–Trinajstić information content (AvgIpc) is 3.46. The first-order valence-electron chi connectivity index (χ1n) is 11.4. The molecule has 0 saturated carbocycles. The molecule has 2 aromatic carbocycles. The molecule has 1 aromatic heterocycles. The van der Waals surface area contributed by atoms with Crippen molar-refractivity contribution in [1.29, 1.82) is 0 Å². The Hall–Kier alpha value is -4.11. The molecular formula is C27H24N2O6S. The van der Waals surface area contributed by atoms with Crippen LogP contribution in [0, 0.1) is 0 Å². The van der Waals surface area contributed by atoms with Gasteiger partial charge in [0, 0.05) is 0 Å². The molecule has 2 aliphatic rings. The van der Waals surface area contributed by atoms with Gasteiger partial charge in [0.05, 0.1) is 28.5 Å². The maximum atomic E-state index is 13.7. The summed E-state index contributed by atoms with van der Waals surface area (Å²) in [6, 6.07) is 12.1. The van der Waals surface area contributed by atoms with E-state index in [1.54, 1.807) is 42.7 Å². The number of fused-ring (bicyclic) bond motifs is 2. The third-order valence-corrected chi connectivity index (χ3v) is 6.76. The first-order valence-corrected chi connectivity index (χ1v) is 12.2. The topological polar surface area (TPSA) is 88.4 Å². The third-order valence-electron chi connectivity index (χ3n) is 5.78. The van der Waals surface area contributed by atoms with E-state index in [0.29, 0.717) is 44.5 Å². The van der Waals surface area contributed by atoms with E-state index in [0.717, 1.165) is 11.1 Å². The zero-order valence-corrected chi connectivity index (χ0v) is 20.7. The second kappa shape index (κ2) is 9.87. The Morgan fingerprint density at radius 3 is 2.75 bits per heavy atom. The summed E-state index contributed by atoms with van der Waals surface area (Å²) in [7, 11) is 0. The number of carbonyl (C=O) groups excluding carboxylic acids is 1. The van der Waals surface area contributed by atoms with Gasteiger partial charge < -0.3 is 18.9 Å². The van der Waals surface area contributed by atoms with E-state index < -0.39 is 12.0 Å². The molecule has 0 N–H and O–H groups in total. The van der Waals surface area contributed by atoms with Crippen molar-refractivity contribution in [2.24, 2.45) is 4.99 Å². The molecule has 0 aliphatic carbocycles. The minimum atomic E-state index is -0.687. The van der Waals surface area contributed by atoms with Gasteiger partial charge in [0.1, 0.15) is 12.4 Å². The van der Waals surface area contributed by atoms with Crippen LogP contribution in [0.4, 0.5) is 0 Å². The van der Waals surface area contributed by atoms with Crippen LogP contribution in [-0.4, -0.2) is 30.5 Å². The van der Waals surface area contributed by atoms with Gasteiger partial charge in [-0.05, 0) is 55.3 Å². The van der Waals surface area contributed by atoms with Crippen LogP contribution < -0.4 is 29.1 Å². The Balaban J connectivity index is 1.64. The number of benzene rings is 2. The maximum Gasteiger partial charge on any atom is 0.338 e. The van der Waals surface area contributed by atoms with Crippen molar-refractivity contribution in [3.8, 4) is 17.2 Å². The summed E-state index contributed by atoms with van der Waals surface area (Å²) in [5.41, 5.74) is 2.14. The summed E-state index contributed by atoms with van der Waals surface area (Å²) in [6.45, 7) is 7.93. The molecule has 0 saturated heterocycles. The van der Waals surface area contributed by atoms with Crippen LogP contribution >= 0.6 is 11.3 Å². The van der Waals surface area contributed by atoms with Crippen molar-refractivity contribution >= 4 is 23.4 Å². The summed E-state index contributed by atoms with van der Waals surface area (Å²) in [4.78, 5) is 31.8. The SMILES string of the molecule is C=CCOc1ccc([C@H]2C(C(=O)OCC)=C(C)N=c3s/c(=C\c4ccc5c(c4)OCO5)c(=O)n32)cc1. The zero-order chi connectivity index (χ0) is 25.2. The summed E-state index contributed by atoms with van der Waals surface area (Å²) < 4.78 is 23.8. The van der Waals surface area contributed by atoms with E-state index >= 15 is 0 Å². The number of carbonyl (C=O) groups is 1. The molecule has 3 aromatic rings.